The van der Waals surface area contributed by atoms with Gasteiger partial charge < -0.3 is 5.73 Å². The summed E-state index contributed by atoms with van der Waals surface area (Å²) in [4.78, 5) is 4.98. The van der Waals surface area contributed by atoms with Crippen molar-refractivity contribution in [2.24, 2.45) is 5.73 Å². The van der Waals surface area contributed by atoms with Crippen molar-refractivity contribution in [2.75, 3.05) is 32.7 Å². The minimum Gasteiger partial charge on any atom is -0.329 e. The first kappa shape index (κ1) is 17.2. The van der Waals surface area contributed by atoms with E-state index in [1.165, 1.54) is 0 Å². The minimum atomic E-state index is 0.192. The van der Waals surface area contributed by atoms with Gasteiger partial charge in [0.05, 0.1) is 0 Å². The van der Waals surface area contributed by atoms with Crippen LogP contribution in [0.2, 0.25) is 5.02 Å². The van der Waals surface area contributed by atoms with Crippen LogP contribution in [-0.2, 0) is 0 Å². The first-order valence-electron chi connectivity index (χ1n) is 7.47. The van der Waals surface area contributed by atoms with Crippen molar-refractivity contribution in [3.63, 3.8) is 0 Å². The van der Waals surface area contributed by atoms with E-state index in [-0.39, 0.29) is 11.6 Å². The lowest BCUT2D eigenvalue weighted by atomic mass is 10.0. The summed E-state index contributed by atoms with van der Waals surface area (Å²) in [5.74, 6) is 0. The molecule has 0 radical (unpaired) electrons. The van der Waals surface area contributed by atoms with Gasteiger partial charge in [-0.25, -0.2) is 0 Å². The number of piperazine rings is 1. The summed E-state index contributed by atoms with van der Waals surface area (Å²) in [5, 5.41) is 0.798. The summed E-state index contributed by atoms with van der Waals surface area (Å²) in [6.07, 6.45) is 0. The number of nitrogens with zero attached hydrogens (tertiary/aromatic N) is 2. The molecule has 0 aliphatic carbocycles. The zero-order valence-electron chi connectivity index (χ0n) is 13.1. The predicted octanol–water partition coefficient (Wildman–Crippen LogP) is 3.52. The molecular weight excluding hydrogens is 350 g/mol. The zero-order valence-corrected chi connectivity index (χ0v) is 15.4. The van der Waals surface area contributed by atoms with Gasteiger partial charge in [0, 0.05) is 53.8 Å². The van der Waals surface area contributed by atoms with E-state index >= 15 is 0 Å². The second-order valence-electron chi connectivity index (χ2n) is 6.61. The molecule has 1 unspecified atom stereocenters. The van der Waals surface area contributed by atoms with E-state index in [0.29, 0.717) is 6.54 Å². The van der Waals surface area contributed by atoms with Crippen molar-refractivity contribution in [3.05, 3.63) is 33.3 Å². The molecule has 1 aromatic rings. The number of nitrogens with two attached hydrogens (primary N) is 1. The molecule has 1 atom stereocenters. The Morgan fingerprint density at radius 1 is 1.24 bits per heavy atom. The number of benzene rings is 1. The SMILES string of the molecule is CC(C)(C)N1CCN(C(CN)c2cc(Br)ccc2Cl)CC1. The molecule has 1 heterocycles. The summed E-state index contributed by atoms with van der Waals surface area (Å²) in [5.41, 5.74) is 7.40. The van der Waals surface area contributed by atoms with Gasteiger partial charge in [-0.05, 0) is 44.5 Å². The molecule has 21 heavy (non-hydrogen) atoms. The third-order valence-electron chi connectivity index (χ3n) is 4.24. The molecule has 2 rings (SSSR count). The lowest BCUT2D eigenvalue weighted by Gasteiger charge is -2.44. The van der Waals surface area contributed by atoms with Gasteiger partial charge in [-0.1, -0.05) is 27.5 Å². The summed E-state index contributed by atoms with van der Waals surface area (Å²) in [7, 11) is 0. The van der Waals surface area contributed by atoms with Gasteiger partial charge in [0.2, 0.25) is 0 Å². The molecule has 1 fully saturated rings. The minimum absolute atomic E-state index is 0.192. The highest BCUT2D eigenvalue weighted by Crippen LogP contribution is 2.31. The van der Waals surface area contributed by atoms with Crippen molar-refractivity contribution < 1.29 is 0 Å². The highest BCUT2D eigenvalue weighted by Gasteiger charge is 2.29. The topological polar surface area (TPSA) is 32.5 Å². The fourth-order valence-electron chi connectivity index (χ4n) is 2.95. The van der Waals surface area contributed by atoms with Crippen molar-refractivity contribution in [3.8, 4) is 0 Å². The van der Waals surface area contributed by atoms with Crippen LogP contribution in [0.25, 0.3) is 0 Å². The first-order valence-corrected chi connectivity index (χ1v) is 8.64. The van der Waals surface area contributed by atoms with Crippen LogP contribution >= 0.6 is 27.5 Å². The molecular formula is C16H25BrClN3. The van der Waals surface area contributed by atoms with Crippen LogP contribution in [0.1, 0.15) is 32.4 Å². The third kappa shape index (κ3) is 4.20. The zero-order chi connectivity index (χ0) is 15.6. The average molecular weight is 375 g/mol. The third-order valence-corrected chi connectivity index (χ3v) is 5.08. The van der Waals surface area contributed by atoms with Gasteiger partial charge >= 0.3 is 0 Å². The second-order valence-corrected chi connectivity index (χ2v) is 7.93. The van der Waals surface area contributed by atoms with Crippen LogP contribution in [0.3, 0.4) is 0 Å². The van der Waals surface area contributed by atoms with E-state index in [9.17, 15) is 0 Å². The fraction of sp³-hybridized carbons (Fsp3) is 0.625. The van der Waals surface area contributed by atoms with Crippen molar-refractivity contribution in [1.82, 2.24) is 9.80 Å². The Labute approximate surface area is 141 Å². The maximum atomic E-state index is 6.38. The molecule has 0 amide bonds. The Bertz CT molecular complexity index is 479. The van der Waals surface area contributed by atoms with Gasteiger partial charge in [0.25, 0.3) is 0 Å². The van der Waals surface area contributed by atoms with Crippen LogP contribution in [-0.4, -0.2) is 48.1 Å². The summed E-state index contributed by atoms with van der Waals surface area (Å²) < 4.78 is 1.05. The Balaban J connectivity index is 2.11. The van der Waals surface area contributed by atoms with E-state index in [1.807, 2.05) is 12.1 Å². The number of rotatable bonds is 3. The smallest absolute Gasteiger partial charge is 0.0486 e. The largest absolute Gasteiger partial charge is 0.329 e. The standard InChI is InChI=1S/C16H25BrClN3/c1-16(2,3)21-8-6-20(7-9-21)15(11-19)13-10-12(17)4-5-14(13)18/h4-5,10,15H,6-9,11,19H2,1-3H3. The van der Waals surface area contributed by atoms with Gasteiger partial charge in [-0.2, -0.15) is 0 Å². The molecule has 1 saturated heterocycles. The number of halogens is 2. The van der Waals surface area contributed by atoms with Crippen LogP contribution in [0.15, 0.2) is 22.7 Å². The monoisotopic (exact) mass is 373 g/mol. The molecule has 1 aliphatic heterocycles. The molecule has 0 aromatic heterocycles. The molecule has 1 aliphatic rings. The van der Waals surface area contributed by atoms with E-state index < -0.39 is 0 Å². The van der Waals surface area contributed by atoms with Gasteiger partial charge in [0.15, 0.2) is 0 Å². The maximum absolute atomic E-state index is 6.38. The van der Waals surface area contributed by atoms with Gasteiger partial charge in [-0.3, -0.25) is 9.80 Å². The fourth-order valence-corrected chi connectivity index (χ4v) is 3.57. The van der Waals surface area contributed by atoms with E-state index in [1.54, 1.807) is 0 Å². The average Bonchev–Trinajstić information content (AvgIpc) is 2.43. The molecule has 118 valence electrons. The predicted molar refractivity (Wildman–Crippen MR) is 93.8 cm³/mol. The Morgan fingerprint density at radius 2 is 1.86 bits per heavy atom. The second kappa shape index (κ2) is 6.97. The summed E-state index contributed by atoms with van der Waals surface area (Å²) >= 11 is 9.90. The summed E-state index contributed by atoms with van der Waals surface area (Å²) in [6.45, 7) is 11.6. The quantitative estimate of drug-likeness (QED) is 0.878. The van der Waals surface area contributed by atoms with Crippen molar-refractivity contribution in [2.45, 2.75) is 32.4 Å². The Morgan fingerprint density at radius 3 is 2.38 bits per heavy atom. The van der Waals surface area contributed by atoms with Gasteiger partial charge in [0.1, 0.15) is 0 Å². The van der Waals surface area contributed by atoms with Crippen LogP contribution in [0.5, 0.6) is 0 Å². The number of hydrogen-bond acceptors (Lipinski definition) is 3. The summed E-state index contributed by atoms with van der Waals surface area (Å²) in [6, 6.07) is 6.19. The lowest BCUT2D eigenvalue weighted by Crippen LogP contribution is -2.54. The highest BCUT2D eigenvalue weighted by molar-refractivity contribution is 9.10. The number of hydrogen-bond donors (Lipinski definition) is 1. The van der Waals surface area contributed by atoms with Crippen LogP contribution < -0.4 is 5.73 Å². The van der Waals surface area contributed by atoms with Gasteiger partial charge in [-0.15, -0.1) is 0 Å². The molecule has 0 bridgehead atoms. The first-order chi connectivity index (χ1) is 9.82. The van der Waals surface area contributed by atoms with Crippen LogP contribution in [0.4, 0.5) is 0 Å². The van der Waals surface area contributed by atoms with Crippen molar-refractivity contribution in [1.29, 1.82) is 0 Å². The van der Waals surface area contributed by atoms with E-state index in [0.717, 1.165) is 41.2 Å². The molecule has 3 nitrogen and oxygen atoms in total. The van der Waals surface area contributed by atoms with E-state index in [4.69, 9.17) is 17.3 Å². The molecule has 1 aromatic carbocycles. The Hall–Kier alpha value is -0.130. The highest BCUT2D eigenvalue weighted by atomic mass is 79.9. The van der Waals surface area contributed by atoms with Crippen LogP contribution in [0, 0.1) is 0 Å². The Kier molecular flexibility index (Phi) is 5.71. The van der Waals surface area contributed by atoms with E-state index in [2.05, 4.69) is 52.6 Å². The van der Waals surface area contributed by atoms with Crippen molar-refractivity contribution >= 4 is 27.5 Å². The maximum Gasteiger partial charge on any atom is 0.0486 e. The molecule has 5 heteroatoms. The molecule has 0 spiro atoms. The normalized spacial score (nSPS) is 19.7. The molecule has 2 N–H and O–H groups in total. The lowest BCUT2D eigenvalue weighted by molar-refractivity contribution is 0.0433. The molecule has 0 saturated carbocycles.